The maximum atomic E-state index is 9.64. The highest BCUT2D eigenvalue weighted by Crippen LogP contribution is 2.40. The number of aromatic nitrogens is 1. The number of rotatable bonds is 3. The van der Waals surface area contributed by atoms with Crippen molar-refractivity contribution >= 4 is 5.71 Å². The summed E-state index contributed by atoms with van der Waals surface area (Å²) in [6, 6.07) is 20.6. The van der Waals surface area contributed by atoms with Crippen LogP contribution >= 0.6 is 0 Å². The molecule has 0 amide bonds. The first-order chi connectivity index (χ1) is 13.0. The van der Waals surface area contributed by atoms with Gasteiger partial charge in [-0.25, -0.2) is 0 Å². The lowest BCUT2D eigenvalue weighted by molar-refractivity contribution is 0.305. The van der Waals surface area contributed by atoms with Crippen LogP contribution in [0.15, 0.2) is 65.8 Å². The topological polar surface area (TPSA) is 46.8 Å². The molecule has 4 rings (SSSR count). The number of ether oxygens (including phenoxy) is 1. The highest BCUT2D eigenvalue weighted by atomic mass is 16.5. The van der Waals surface area contributed by atoms with Crippen LogP contribution < -0.4 is 4.74 Å². The first-order valence-corrected chi connectivity index (χ1v) is 9.18. The minimum atomic E-state index is 0.0328. The van der Waals surface area contributed by atoms with E-state index in [1.807, 2.05) is 30.3 Å². The summed E-state index contributed by atoms with van der Waals surface area (Å²) in [4.78, 5) is 0. The van der Waals surface area contributed by atoms with Crippen LogP contribution in [0.25, 0.3) is 16.9 Å². The van der Waals surface area contributed by atoms with Crippen LogP contribution in [-0.2, 0) is 6.42 Å². The van der Waals surface area contributed by atoms with Gasteiger partial charge in [0.1, 0.15) is 5.75 Å². The molecule has 0 saturated carbocycles. The number of fused-ring (bicyclic) bond motifs is 1. The largest absolute Gasteiger partial charge is 0.497 e. The van der Waals surface area contributed by atoms with E-state index in [2.05, 4.69) is 53.9 Å². The molecular weight excluding hydrogens is 336 g/mol. The van der Waals surface area contributed by atoms with E-state index in [1.165, 1.54) is 5.69 Å². The fourth-order valence-corrected chi connectivity index (χ4v) is 3.98. The summed E-state index contributed by atoms with van der Waals surface area (Å²) in [5, 5.41) is 13.3. The molecule has 27 heavy (non-hydrogen) atoms. The van der Waals surface area contributed by atoms with Crippen LogP contribution in [0.2, 0.25) is 0 Å². The quantitative estimate of drug-likeness (QED) is 0.509. The van der Waals surface area contributed by atoms with Crippen molar-refractivity contribution in [2.75, 3.05) is 7.11 Å². The Morgan fingerprint density at radius 1 is 1.00 bits per heavy atom. The van der Waals surface area contributed by atoms with Gasteiger partial charge in [-0.3, -0.25) is 0 Å². The zero-order valence-corrected chi connectivity index (χ0v) is 15.9. The Morgan fingerprint density at radius 2 is 1.70 bits per heavy atom. The van der Waals surface area contributed by atoms with Gasteiger partial charge >= 0.3 is 0 Å². The van der Waals surface area contributed by atoms with E-state index >= 15 is 0 Å². The molecule has 0 radical (unpaired) electrons. The third-order valence-corrected chi connectivity index (χ3v) is 5.23. The fraction of sp³-hybridized carbons (Fsp3) is 0.261. The molecule has 0 unspecified atom stereocenters. The molecule has 0 bridgehead atoms. The van der Waals surface area contributed by atoms with Crippen LogP contribution in [0.1, 0.15) is 31.5 Å². The van der Waals surface area contributed by atoms with Gasteiger partial charge in [-0.1, -0.05) is 49.3 Å². The van der Waals surface area contributed by atoms with E-state index < -0.39 is 0 Å². The maximum Gasteiger partial charge on any atom is 0.119 e. The number of nitrogens with zero attached hydrogens (tertiary/aromatic N) is 2. The molecule has 0 saturated heterocycles. The molecule has 4 nitrogen and oxygen atoms in total. The Kier molecular flexibility index (Phi) is 4.27. The third-order valence-electron chi connectivity index (χ3n) is 5.23. The Balaban J connectivity index is 1.98. The zero-order valence-electron chi connectivity index (χ0n) is 15.9. The maximum absolute atomic E-state index is 9.64. The highest BCUT2D eigenvalue weighted by molar-refractivity contribution is 6.04. The van der Waals surface area contributed by atoms with Crippen LogP contribution in [0.3, 0.4) is 0 Å². The minimum Gasteiger partial charge on any atom is -0.497 e. The summed E-state index contributed by atoms with van der Waals surface area (Å²) in [5.74, 6) is 0.832. The second-order valence-corrected chi connectivity index (χ2v) is 7.85. The predicted molar refractivity (Wildman–Crippen MR) is 108 cm³/mol. The van der Waals surface area contributed by atoms with Crippen LogP contribution in [0.5, 0.6) is 5.75 Å². The number of hydrogen-bond donors (Lipinski definition) is 1. The van der Waals surface area contributed by atoms with Gasteiger partial charge < -0.3 is 14.5 Å². The first-order valence-electron chi connectivity index (χ1n) is 9.18. The first kappa shape index (κ1) is 17.4. The van der Waals surface area contributed by atoms with Crippen molar-refractivity contribution in [1.82, 2.24) is 4.57 Å². The third kappa shape index (κ3) is 3.12. The van der Waals surface area contributed by atoms with Crippen molar-refractivity contribution in [3.05, 3.63) is 71.9 Å². The molecule has 0 aliphatic heterocycles. The van der Waals surface area contributed by atoms with Crippen LogP contribution in [0.4, 0.5) is 0 Å². The zero-order chi connectivity index (χ0) is 19.0. The van der Waals surface area contributed by atoms with Crippen LogP contribution in [0, 0.1) is 5.41 Å². The molecule has 138 valence electrons. The van der Waals surface area contributed by atoms with Gasteiger partial charge in [0.15, 0.2) is 0 Å². The molecule has 1 N–H and O–H groups in total. The van der Waals surface area contributed by atoms with Crippen molar-refractivity contribution in [1.29, 1.82) is 0 Å². The lowest BCUT2D eigenvalue weighted by Gasteiger charge is -2.31. The number of hydrogen-bond acceptors (Lipinski definition) is 3. The molecule has 1 aliphatic rings. The summed E-state index contributed by atoms with van der Waals surface area (Å²) >= 11 is 0. The number of oxime groups is 1. The molecule has 1 aliphatic carbocycles. The minimum absolute atomic E-state index is 0.0328. The van der Waals surface area contributed by atoms with Gasteiger partial charge in [0, 0.05) is 16.9 Å². The molecular formula is C23H24N2O2. The van der Waals surface area contributed by atoms with Crippen LogP contribution in [-0.4, -0.2) is 22.6 Å². The summed E-state index contributed by atoms with van der Waals surface area (Å²) in [5.41, 5.74) is 6.32. The summed E-state index contributed by atoms with van der Waals surface area (Å²) in [6.07, 6.45) is 1.68. The van der Waals surface area contributed by atoms with Crippen molar-refractivity contribution < 1.29 is 9.94 Å². The molecule has 2 aromatic carbocycles. The van der Waals surface area contributed by atoms with E-state index in [1.54, 1.807) is 7.11 Å². The van der Waals surface area contributed by atoms with Crippen molar-refractivity contribution in [2.24, 2.45) is 10.6 Å². The molecule has 3 aromatic rings. The van der Waals surface area contributed by atoms with Crippen molar-refractivity contribution in [2.45, 2.75) is 26.7 Å². The summed E-state index contributed by atoms with van der Waals surface area (Å²) in [7, 11) is 1.68. The van der Waals surface area contributed by atoms with Gasteiger partial charge in [-0.15, -0.1) is 0 Å². The Bertz CT molecular complexity index is 983. The smallest absolute Gasteiger partial charge is 0.119 e. The summed E-state index contributed by atoms with van der Waals surface area (Å²) in [6.45, 7) is 4.43. The molecule has 4 heteroatoms. The average Bonchev–Trinajstić information content (AvgIpc) is 3.06. The fourth-order valence-electron chi connectivity index (χ4n) is 3.98. The number of methoxy groups -OCH3 is 1. The van der Waals surface area contributed by atoms with Gasteiger partial charge in [0.2, 0.25) is 0 Å². The van der Waals surface area contributed by atoms with E-state index in [-0.39, 0.29) is 5.41 Å². The van der Waals surface area contributed by atoms with Gasteiger partial charge in [0.25, 0.3) is 0 Å². The normalized spacial score (nSPS) is 16.9. The standard InChI is InChI=1S/C23H24N2O2/c1-23(2)14-20(24-26)19-13-21(16-7-5-4-6-8-16)25(22(19)15-23)17-9-11-18(27-3)12-10-17/h4-13,26H,14-15H2,1-3H3/b24-20-. The second kappa shape index (κ2) is 6.62. The SMILES string of the molecule is COc1ccc(-n2c(-c3ccccc3)cc3c2CC(C)(C)C/C3=N/O)cc1. The number of benzene rings is 2. The van der Waals surface area contributed by atoms with E-state index in [0.29, 0.717) is 0 Å². The van der Waals surface area contributed by atoms with Gasteiger partial charge in [-0.2, -0.15) is 0 Å². The lowest BCUT2D eigenvalue weighted by atomic mass is 9.76. The predicted octanol–water partition coefficient (Wildman–Crippen LogP) is 5.30. The van der Waals surface area contributed by atoms with E-state index in [0.717, 1.165) is 46.8 Å². The lowest BCUT2D eigenvalue weighted by Crippen LogP contribution is -2.28. The Labute approximate surface area is 159 Å². The van der Waals surface area contributed by atoms with Crippen molar-refractivity contribution in [3.63, 3.8) is 0 Å². The van der Waals surface area contributed by atoms with Gasteiger partial charge in [-0.05, 0) is 54.2 Å². The molecule has 0 spiro atoms. The Hall–Kier alpha value is -3.01. The average molecular weight is 360 g/mol. The molecule has 1 heterocycles. The van der Waals surface area contributed by atoms with Gasteiger partial charge in [0.05, 0.1) is 18.5 Å². The van der Waals surface area contributed by atoms with E-state index in [4.69, 9.17) is 4.74 Å². The Morgan fingerprint density at radius 3 is 2.33 bits per heavy atom. The van der Waals surface area contributed by atoms with E-state index in [9.17, 15) is 5.21 Å². The molecule has 0 atom stereocenters. The van der Waals surface area contributed by atoms with Crippen molar-refractivity contribution in [3.8, 4) is 22.7 Å². The molecule has 0 fully saturated rings. The molecule has 1 aromatic heterocycles. The second-order valence-electron chi connectivity index (χ2n) is 7.85. The highest BCUT2D eigenvalue weighted by Gasteiger charge is 2.34. The monoisotopic (exact) mass is 360 g/mol. The summed E-state index contributed by atoms with van der Waals surface area (Å²) < 4.78 is 7.61.